The maximum atomic E-state index is 10.9. The number of nitrogens with one attached hydrogen (secondary N) is 1. The summed E-state index contributed by atoms with van der Waals surface area (Å²) < 4.78 is 0. The maximum absolute atomic E-state index is 10.9. The average molecular weight is 188 g/mol. The van der Waals surface area contributed by atoms with Gasteiger partial charge in [-0.05, 0) is 12.1 Å². The van der Waals surface area contributed by atoms with Crippen LogP contribution in [0.5, 0.6) is 0 Å². The molecule has 5 heteroatoms. The van der Waals surface area contributed by atoms with Gasteiger partial charge in [-0.25, -0.2) is 4.98 Å². The van der Waals surface area contributed by atoms with Crippen molar-refractivity contribution in [2.24, 2.45) is 0 Å². The summed E-state index contributed by atoms with van der Waals surface area (Å²) in [6.45, 7) is 1.44. The third-order valence-electron chi connectivity index (χ3n) is 1.76. The highest BCUT2D eigenvalue weighted by Crippen LogP contribution is 2.12. The Morgan fingerprint density at radius 2 is 2.07 bits per heavy atom. The Morgan fingerprint density at radius 1 is 1.36 bits per heavy atom. The first-order valence-electron chi connectivity index (χ1n) is 4.11. The van der Waals surface area contributed by atoms with Crippen LogP contribution in [-0.2, 0) is 0 Å². The fourth-order valence-corrected chi connectivity index (χ4v) is 1.05. The third kappa shape index (κ3) is 1.52. The van der Waals surface area contributed by atoms with E-state index >= 15 is 0 Å². The molecule has 1 N–H and O–H groups in total. The number of aromatic amines is 1. The molecule has 0 bridgehead atoms. The molecule has 0 atom stereocenters. The fraction of sp³-hybridized carbons (Fsp3) is 0.111. The van der Waals surface area contributed by atoms with Gasteiger partial charge in [0, 0.05) is 24.9 Å². The summed E-state index contributed by atoms with van der Waals surface area (Å²) in [5.74, 6) is 0.659. The molecule has 0 fully saturated rings. The predicted octanol–water partition coefficient (Wildman–Crippen LogP) is 1.07. The van der Waals surface area contributed by atoms with E-state index in [1.54, 1.807) is 24.5 Å². The Kier molecular flexibility index (Phi) is 2.06. The highest BCUT2D eigenvalue weighted by Gasteiger charge is 2.07. The lowest BCUT2D eigenvalue weighted by Gasteiger charge is -1.90. The number of Topliss-reactive ketones (excluding diaryl/α,β-unsaturated/α-hetero) is 1. The molecular weight excluding hydrogens is 180 g/mol. The number of hydrogen-bond donors (Lipinski definition) is 1. The van der Waals surface area contributed by atoms with Crippen LogP contribution in [0.15, 0.2) is 24.5 Å². The summed E-state index contributed by atoms with van der Waals surface area (Å²) in [6.07, 6.45) is 3.30. The van der Waals surface area contributed by atoms with Gasteiger partial charge in [0.15, 0.2) is 17.4 Å². The smallest absolute Gasteiger partial charge is 0.196 e. The molecule has 0 aromatic carbocycles. The van der Waals surface area contributed by atoms with Gasteiger partial charge in [0.1, 0.15) is 0 Å². The number of pyridine rings is 1. The summed E-state index contributed by atoms with van der Waals surface area (Å²) in [4.78, 5) is 18.9. The molecule has 0 unspecified atom stereocenters. The van der Waals surface area contributed by atoms with Crippen LogP contribution in [0.4, 0.5) is 0 Å². The first-order valence-corrected chi connectivity index (χ1v) is 4.11. The molecule has 0 aliphatic heterocycles. The third-order valence-corrected chi connectivity index (χ3v) is 1.76. The van der Waals surface area contributed by atoms with Gasteiger partial charge in [0.2, 0.25) is 0 Å². The van der Waals surface area contributed by atoms with Gasteiger partial charge in [-0.3, -0.25) is 14.9 Å². The van der Waals surface area contributed by atoms with Crippen molar-refractivity contribution in [2.75, 3.05) is 0 Å². The van der Waals surface area contributed by atoms with Gasteiger partial charge in [-0.2, -0.15) is 5.10 Å². The number of aromatic nitrogens is 4. The molecule has 0 saturated carbocycles. The van der Waals surface area contributed by atoms with E-state index in [1.165, 1.54) is 6.92 Å². The minimum atomic E-state index is -0.127. The lowest BCUT2D eigenvalue weighted by Crippen LogP contribution is -1.94. The Labute approximate surface area is 80.2 Å². The van der Waals surface area contributed by atoms with Gasteiger partial charge in [-0.15, -0.1) is 0 Å². The lowest BCUT2D eigenvalue weighted by molar-refractivity contribution is 0.100. The molecule has 2 aromatic rings. The van der Waals surface area contributed by atoms with Crippen molar-refractivity contribution in [3.05, 3.63) is 30.4 Å². The Bertz CT molecular complexity index is 449. The summed E-state index contributed by atoms with van der Waals surface area (Å²) in [5, 5.41) is 6.50. The van der Waals surface area contributed by atoms with E-state index in [-0.39, 0.29) is 11.6 Å². The van der Waals surface area contributed by atoms with E-state index in [0.717, 1.165) is 5.56 Å². The van der Waals surface area contributed by atoms with E-state index in [1.807, 2.05) is 0 Å². The second kappa shape index (κ2) is 3.37. The number of hydrogen-bond acceptors (Lipinski definition) is 4. The van der Waals surface area contributed by atoms with Crippen LogP contribution in [0.2, 0.25) is 0 Å². The molecule has 70 valence electrons. The number of carbonyl (C=O) groups is 1. The van der Waals surface area contributed by atoms with Crippen LogP contribution < -0.4 is 0 Å². The number of rotatable bonds is 2. The highest BCUT2D eigenvalue weighted by molar-refractivity contribution is 5.90. The Hall–Kier alpha value is -2.04. The quantitative estimate of drug-likeness (QED) is 0.715. The number of ketones is 1. The topological polar surface area (TPSA) is 71.5 Å². The zero-order valence-corrected chi connectivity index (χ0v) is 7.56. The molecular formula is C9H8N4O. The van der Waals surface area contributed by atoms with Crippen LogP contribution in [0, 0.1) is 0 Å². The minimum Gasteiger partial charge on any atom is -0.291 e. The molecule has 2 aromatic heterocycles. The largest absolute Gasteiger partial charge is 0.291 e. The van der Waals surface area contributed by atoms with E-state index < -0.39 is 0 Å². The zero-order valence-electron chi connectivity index (χ0n) is 7.56. The van der Waals surface area contributed by atoms with Gasteiger partial charge < -0.3 is 0 Å². The number of H-pyrrole nitrogens is 1. The summed E-state index contributed by atoms with van der Waals surface area (Å²) in [6, 6.07) is 3.57. The van der Waals surface area contributed by atoms with Crippen molar-refractivity contribution < 1.29 is 4.79 Å². The average Bonchev–Trinajstić information content (AvgIpc) is 2.68. The summed E-state index contributed by atoms with van der Waals surface area (Å²) in [7, 11) is 0. The van der Waals surface area contributed by atoms with E-state index in [9.17, 15) is 4.79 Å². The predicted molar refractivity (Wildman–Crippen MR) is 49.6 cm³/mol. The van der Waals surface area contributed by atoms with Crippen molar-refractivity contribution in [1.82, 2.24) is 20.2 Å². The Balaban J connectivity index is 2.39. The molecule has 0 saturated heterocycles. The highest BCUT2D eigenvalue weighted by atomic mass is 16.1. The molecule has 5 nitrogen and oxygen atoms in total. The van der Waals surface area contributed by atoms with Gasteiger partial charge in [-0.1, -0.05) is 0 Å². The maximum Gasteiger partial charge on any atom is 0.196 e. The minimum absolute atomic E-state index is 0.127. The van der Waals surface area contributed by atoms with Crippen LogP contribution >= 0.6 is 0 Å². The fourth-order valence-electron chi connectivity index (χ4n) is 1.05. The van der Waals surface area contributed by atoms with Gasteiger partial charge in [0.05, 0.1) is 0 Å². The van der Waals surface area contributed by atoms with Crippen LogP contribution in [0.3, 0.4) is 0 Å². The van der Waals surface area contributed by atoms with Crippen molar-refractivity contribution in [3.63, 3.8) is 0 Å². The van der Waals surface area contributed by atoms with Crippen molar-refractivity contribution in [3.8, 4) is 11.4 Å². The number of nitrogens with zero attached hydrogens (tertiary/aromatic N) is 3. The number of carbonyl (C=O) groups excluding carboxylic acids is 1. The molecule has 0 aliphatic rings. The molecule has 0 spiro atoms. The van der Waals surface area contributed by atoms with Crippen molar-refractivity contribution in [1.29, 1.82) is 0 Å². The van der Waals surface area contributed by atoms with Crippen molar-refractivity contribution >= 4 is 5.78 Å². The summed E-state index contributed by atoms with van der Waals surface area (Å²) >= 11 is 0. The van der Waals surface area contributed by atoms with E-state index in [0.29, 0.717) is 5.82 Å². The first-order chi connectivity index (χ1) is 6.77. The normalized spacial score (nSPS) is 10.1. The van der Waals surface area contributed by atoms with Crippen LogP contribution in [-0.4, -0.2) is 25.9 Å². The van der Waals surface area contributed by atoms with E-state index in [2.05, 4.69) is 20.2 Å². The second-order valence-electron chi connectivity index (χ2n) is 2.80. The zero-order chi connectivity index (χ0) is 9.97. The van der Waals surface area contributed by atoms with Gasteiger partial charge >= 0.3 is 0 Å². The second-order valence-corrected chi connectivity index (χ2v) is 2.80. The van der Waals surface area contributed by atoms with Crippen LogP contribution in [0.25, 0.3) is 11.4 Å². The lowest BCUT2D eigenvalue weighted by atomic mass is 10.2. The Morgan fingerprint density at radius 3 is 2.64 bits per heavy atom. The first kappa shape index (κ1) is 8.55. The molecule has 0 aliphatic carbocycles. The molecule has 2 heterocycles. The molecule has 14 heavy (non-hydrogen) atoms. The molecule has 2 rings (SSSR count). The molecule has 0 amide bonds. The van der Waals surface area contributed by atoms with E-state index in [4.69, 9.17) is 0 Å². The monoisotopic (exact) mass is 188 g/mol. The summed E-state index contributed by atoms with van der Waals surface area (Å²) in [5.41, 5.74) is 0.837. The van der Waals surface area contributed by atoms with Crippen LogP contribution in [0.1, 0.15) is 17.5 Å². The standard InChI is InChI=1S/C9H8N4O/c1-6(14)8-11-9(13-12-8)7-2-4-10-5-3-7/h2-5H,1H3,(H,11,12,13). The van der Waals surface area contributed by atoms with Crippen molar-refractivity contribution in [2.45, 2.75) is 6.92 Å². The SMILES string of the molecule is CC(=O)c1nc(-c2ccncc2)n[nH]1. The molecule has 0 radical (unpaired) electrons. The van der Waals surface area contributed by atoms with Gasteiger partial charge in [0.25, 0.3) is 0 Å².